The van der Waals surface area contributed by atoms with Crippen LogP contribution in [0.15, 0.2) is 97.1 Å². The van der Waals surface area contributed by atoms with Crippen molar-refractivity contribution in [3.05, 3.63) is 134 Å². The van der Waals surface area contributed by atoms with Gasteiger partial charge in [-0.2, -0.15) is 12.1 Å². The molecule has 0 atom stereocenters. The predicted molar refractivity (Wildman–Crippen MR) is 197 cm³/mol. The monoisotopic (exact) mass is 760 g/mol. The second kappa shape index (κ2) is 13.7. The Morgan fingerprint density at radius 3 is 1.16 bits per heavy atom. The van der Waals surface area contributed by atoms with Crippen molar-refractivity contribution in [3.8, 4) is 22.3 Å². The summed E-state index contributed by atoms with van der Waals surface area (Å²) in [6, 6.07) is 37.8. The Kier molecular flexibility index (Phi) is 11.1. The third-order valence-electron chi connectivity index (χ3n) is 9.34. The van der Waals surface area contributed by atoms with Crippen LogP contribution in [0.1, 0.15) is 49.9 Å². The smallest absolute Gasteiger partial charge is 0.358 e. The van der Waals surface area contributed by atoms with Gasteiger partial charge in [0.2, 0.25) is 0 Å². The van der Waals surface area contributed by atoms with E-state index in [0.29, 0.717) is 11.1 Å². The molecule has 44 heavy (non-hydrogen) atoms. The van der Waals surface area contributed by atoms with E-state index in [-0.39, 0.29) is 40.7 Å². The van der Waals surface area contributed by atoms with Crippen LogP contribution in [0.2, 0.25) is 11.1 Å². The van der Waals surface area contributed by atoms with E-state index in [1.165, 1.54) is 66.1 Å². The summed E-state index contributed by atoms with van der Waals surface area (Å²) in [6.45, 7) is 18.7. The van der Waals surface area contributed by atoms with Crippen molar-refractivity contribution in [2.45, 2.75) is 66.5 Å². The maximum atomic E-state index is 2.57. The molecule has 0 saturated heterocycles. The zero-order valence-electron chi connectivity index (χ0n) is 28.4. The van der Waals surface area contributed by atoms with Gasteiger partial charge in [-0.25, -0.2) is 0 Å². The van der Waals surface area contributed by atoms with Gasteiger partial charge in [0.15, 0.2) is 0 Å². The molecule has 6 aromatic rings. The van der Waals surface area contributed by atoms with Crippen molar-refractivity contribution in [2.24, 2.45) is 0 Å². The summed E-state index contributed by atoms with van der Waals surface area (Å²) in [6.07, 6.45) is 0. The average Bonchev–Trinajstić information content (AvgIpc) is 3.52. The topological polar surface area (TPSA) is 0 Å². The van der Waals surface area contributed by atoms with Crippen molar-refractivity contribution in [1.82, 2.24) is 0 Å². The molecule has 6 aromatic carbocycles. The van der Waals surface area contributed by atoms with Crippen LogP contribution in [0.5, 0.6) is 0 Å². The molecule has 0 amide bonds. The molecule has 0 aliphatic heterocycles. The standard InChI is InChI=1S/C40H42Si.2CH3.Hf/c1-25(2)41(26(3)4,35-21-31-11-9-13-37(39(31)23-35)33-17-27(5)15-28(6)18-33)36-22-32-12-10-14-38(40(32)24-36)34-19-29(7)16-30(8)20-34;;;/h9-26H,1-8H3;2*1H3;/q-2;2*-1;+4. The minimum absolute atomic E-state index is 0. The fourth-order valence-electron chi connectivity index (χ4n) is 7.88. The van der Waals surface area contributed by atoms with E-state index in [2.05, 4.69) is 152 Å². The Hall–Kier alpha value is -2.81. The van der Waals surface area contributed by atoms with E-state index in [0.717, 1.165) is 0 Å². The van der Waals surface area contributed by atoms with Gasteiger partial charge < -0.3 is 14.9 Å². The average molecular weight is 759 g/mol. The molecule has 0 spiro atoms. The van der Waals surface area contributed by atoms with Crippen molar-refractivity contribution >= 4 is 40.0 Å². The van der Waals surface area contributed by atoms with E-state index in [4.69, 9.17) is 0 Å². The third-order valence-corrected chi connectivity index (χ3v) is 15.5. The first-order valence-electron chi connectivity index (χ1n) is 15.1. The second-order valence-electron chi connectivity index (χ2n) is 13.0. The molecule has 0 saturated carbocycles. The Morgan fingerprint density at radius 2 is 0.841 bits per heavy atom. The molecule has 6 rings (SSSR count). The van der Waals surface area contributed by atoms with Crippen molar-refractivity contribution in [3.63, 3.8) is 0 Å². The number of rotatable bonds is 6. The predicted octanol–water partition coefficient (Wildman–Crippen LogP) is 11.3. The molecule has 0 nitrogen and oxygen atoms in total. The number of aryl methyl sites for hydroxylation is 4. The fourth-order valence-corrected chi connectivity index (χ4v) is 13.8. The minimum atomic E-state index is -2.16. The van der Waals surface area contributed by atoms with E-state index in [1.807, 2.05) is 0 Å². The van der Waals surface area contributed by atoms with Gasteiger partial charge in [-0.05, 0) is 49.9 Å². The number of hydrogen-bond donors (Lipinski definition) is 0. The summed E-state index contributed by atoms with van der Waals surface area (Å²) in [5.41, 5.74) is 11.7. The van der Waals surface area contributed by atoms with Gasteiger partial charge >= 0.3 is 25.8 Å². The van der Waals surface area contributed by atoms with Crippen LogP contribution in [0.3, 0.4) is 0 Å². The normalized spacial score (nSPS) is 11.5. The second-order valence-corrected chi connectivity index (χ2v) is 18.2. The number of fused-ring (bicyclic) bond motifs is 2. The molecule has 0 aliphatic rings. The maximum Gasteiger partial charge on any atom is 4.00 e. The molecule has 0 heterocycles. The van der Waals surface area contributed by atoms with Crippen molar-refractivity contribution in [2.75, 3.05) is 0 Å². The van der Waals surface area contributed by atoms with Crippen LogP contribution in [-0.4, -0.2) is 8.07 Å². The third kappa shape index (κ3) is 6.05. The molecule has 0 radical (unpaired) electrons. The first-order chi connectivity index (χ1) is 19.6. The largest absolute Gasteiger partial charge is 4.00 e. The van der Waals surface area contributed by atoms with Crippen LogP contribution in [0, 0.1) is 42.5 Å². The van der Waals surface area contributed by atoms with E-state index in [9.17, 15) is 0 Å². The first kappa shape index (κ1) is 35.7. The van der Waals surface area contributed by atoms with Gasteiger partial charge in [0.25, 0.3) is 0 Å². The van der Waals surface area contributed by atoms with Gasteiger partial charge in [0.1, 0.15) is 0 Å². The van der Waals surface area contributed by atoms with Crippen LogP contribution in [0.25, 0.3) is 43.8 Å². The van der Waals surface area contributed by atoms with E-state index >= 15 is 0 Å². The molecule has 0 bridgehead atoms. The van der Waals surface area contributed by atoms with Crippen molar-refractivity contribution < 1.29 is 25.8 Å². The zero-order chi connectivity index (χ0) is 29.1. The van der Waals surface area contributed by atoms with Crippen LogP contribution in [0.4, 0.5) is 0 Å². The summed E-state index contributed by atoms with van der Waals surface area (Å²) in [7, 11) is -2.16. The Bertz CT molecular complexity index is 1710. The molecule has 0 fully saturated rings. The summed E-state index contributed by atoms with van der Waals surface area (Å²) in [5.74, 6) is 0. The Balaban J connectivity index is 0.00000176. The first-order valence-corrected chi connectivity index (χ1v) is 17.3. The van der Waals surface area contributed by atoms with Gasteiger partial charge in [0.05, 0.1) is 8.07 Å². The quantitative estimate of drug-likeness (QED) is 0.117. The summed E-state index contributed by atoms with van der Waals surface area (Å²) in [5, 5.41) is 8.63. The SMILES string of the molecule is Cc1cc(C)cc(-c2cccc3[cH-]c([Si](c4cc5c(-c6cc(C)cc(C)c6)cccc5[cH-]4)(C(C)C)C(C)C)cc23)c1.[CH3-].[CH3-].[Hf+4]. The van der Waals surface area contributed by atoms with E-state index < -0.39 is 8.07 Å². The van der Waals surface area contributed by atoms with Crippen molar-refractivity contribution in [1.29, 1.82) is 0 Å². The minimum Gasteiger partial charge on any atom is -0.358 e. The van der Waals surface area contributed by atoms with Crippen LogP contribution in [-0.2, 0) is 25.8 Å². The summed E-state index contributed by atoms with van der Waals surface area (Å²) >= 11 is 0. The van der Waals surface area contributed by atoms with Crippen LogP contribution < -0.4 is 10.4 Å². The van der Waals surface area contributed by atoms with Gasteiger partial charge in [-0.1, -0.05) is 110 Å². The molecular formula is C42H48HfSi. The molecule has 0 unspecified atom stereocenters. The molecule has 0 aromatic heterocycles. The number of hydrogen-bond acceptors (Lipinski definition) is 0. The molecule has 0 aliphatic carbocycles. The van der Waals surface area contributed by atoms with Gasteiger partial charge in [-0.3, -0.25) is 0 Å². The van der Waals surface area contributed by atoms with Gasteiger partial charge in [0, 0.05) is 0 Å². The molecule has 0 N–H and O–H groups in total. The molecular weight excluding hydrogens is 711 g/mol. The zero-order valence-corrected chi connectivity index (χ0v) is 33.0. The van der Waals surface area contributed by atoms with Crippen LogP contribution >= 0.6 is 0 Å². The maximum absolute atomic E-state index is 2.57. The van der Waals surface area contributed by atoms with Gasteiger partial charge in [-0.15, -0.1) is 68.3 Å². The molecule has 2 heteroatoms. The Morgan fingerprint density at radius 1 is 0.500 bits per heavy atom. The Labute approximate surface area is 287 Å². The van der Waals surface area contributed by atoms with E-state index in [1.54, 1.807) is 10.4 Å². The summed E-state index contributed by atoms with van der Waals surface area (Å²) in [4.78, 5) is 0. The summed E-state index contributed by atoms with van der Waals surface area (Å²) < 4.78 is 0. The number of benzene rings is 4. The fraction of sp³-hybridized carbons (Fsp3) is 0.238. The molecule has 224 valence electrons.